The quantitative estimate of drug-likeness (QED) is 0.623. The zero-order valence-electron chi connectivity index (χ0n) is 5.84. The molecule has 1 aromatic rings. The highest BCUT2D eigenvalue weighted by atomic mass is 32.1. The van der Waals surface area contributed by atoms with Gasteiger partial charge in [-0.15, -0.1) is 11.3 Å². The van der Waals surface area contributed by atoms with Crippen LogP contribution < -0.4 is 0 Å². The first-order valence-electron chi connectivity index (χ1n) is 3.55. The van der Waals surface area contributed by atoms with Crippen molar-refractivity contribution in [2.45, 2.75) is 18.8 Å². The van der Waals surface area contributed by atoms with E-state index in [2.05, 4.69) is 0 Å². The fourth-order valence-electron chi connectivity index (χ4n) is 1.05. The summed E-state index contributed by atoms with van der Waals surface area (Å²) in [6.07, 6.45) is 2.89. The van der Waals surface area contributed by atoms with Crippen LogP contribution >= 0.6 is 11.3 Å². The highest BCUT2D eigenvalue weighted by molar-refractivity contribution is 7.13. The van der Waals surface area contributed by atoms with Crippen LogP contribution in [-0.4, -0.2) is 6.29 Å². The van der Waals surface area contributed by atoms with Crippen LogP contribution in [0.3, 0.4) is 0 Å². The molecule has 0 amide bonds. The van der Waals surface area contributed by atoms with Gasteiger partial charge in [-0.05, 0) is 24.8 Å². The number of carbonyl (C=O) groups excluding carboxylic acids is 1. The van der Waals surface area contributed by atoms with E-state index < -0.39 is 0 Å². The van der Waals surface area contributed by atoms with Crippen LogP contribution in [0.4, 0.5) is 4.39 Å². The van der Waals surface area contributed by atoms with E-state index in [1.807, 2.05) is 0 Å². The summed E-state index contributed by atoms with van der Waals surface area (Å²) in [6, 6.07) is 1.49. The molecule has 0 spiro atoms. The molecule has 1 saturated carbocycles. The van der Waals surface area contributed by atoms with Crippen LogP contribution in [0.25, 0.3) is 0 Å². The van der Waals surface area contributed by atoms with Crippen molar-refractivity contribution in [2.75, 3.05) is 0 Å². The minimum atomic E-state index is -0.355. The van der Waals surface area contributed by atoms with Crippen molar-refractivity contribution in [1.82, 2.24) is 0 Å². The summed E-state index contributed by atoms with van der Waals surface area (Å²) in [5.41, 5.74) is 0. The molecule has 1 fully saturated rings. The molecule has 0 bridgehead atoms. The highest BCUT2D eigenvalue weighted by Crippen LogP contribution is 2.43. The monoisotopic (exact) mass is 170 g/mol. The first-order valence-corrected chi connectivity index (χ1v) is 4.37. The molecule has 1 aliphatic carbocycles. The zero-order valence-corrected chi connectivity index (χ0v) is 6.66. The summed E-state index contributed by atoms with van der Waals surface area (Å²) < 4.78 is 12.8. The second-order valence-electron chi connectivity index (χ2n) is 2.75. The van der Waals surface area contributed by atoms with Crippen LogP contribution in [0.1, 0.15) is 33.3 Å². The molecule has 0 unspecified atom stereocenters. The van der Waals surface area contributed by atoms with E-state index in [4.69, 9.17) is 0 Å². The Balaban J connectivity index is 2.35. The number of hydrogen-bond donors (Lipinski definition) is 0. The third-order valence-corrected chi connectivity index (χ3v) is 3.02. The number of rotatable bonds is 2. The predicted octanol–water partition coefficient (Wildman–Crippen LogP) is 2.58. The molecule has 0 aliphatic heterocycles. The first-order chi connectivity index (χ1) is 5.31. The van der Waals surface area contributed by atoms with Crippen molar-refractivity contribution in [1.29, 1.82) is 0 Å². The third kappa shape index (κ3) is 1.20. The SMILES string of the molecule is O=Cc1sc(C2CC2)cc1F. The van der Waals surface area contributed by atoms with Crippen molar-refractivity contribution in [3.63, 3.8) is 0 Å². The Bertz CT molecular complexity index is 288. The van der Waals surface area contributed by atoms with E-state index in [9.17, 15) is 9.18 Å². The number of hydrogen-bond acceptors (Lipinski definition) is 2. The van der Waals surface area contributed by atoms with E-state index in [-0.39, 0.29) is 10.7 Å². The van der Waals surface area contributed by atoms with Gasteiger partial charge in [-0.25, -0.2) is 4.39 Å². The summed E-state index contributed by atoms with van der Waals surface area (Å²) in [6.45, 7) is 0. The van der Waals surface area contributed by atoms with E-state index in [1.54, 1.807) is 0 Å². The number of thiophene rings is 1. The topological polar surface area (TPSA) is 17.1 Å². The fraction of sp³-hybridized carbons (Fsp3) is 0.375. The van der Waals surface area contributed by atoms with E-state index in [0.717, 1.165) is 17.7 Å². The van der Waals surface area contributed by atoms with Gasteiger partial charge in [0.05, 0.1) is 0 Å². The Kier molecular flexibility index (Phi) is 1.53. The molecule has 0 radical (unpaired) electrons. The number of carbonyl (C=O) groups is 1. The van der Waals surface area contributed by atoms with Gasteiger partial charge in [-0.3, -0.25) is 4.79 Å². The lowest BCUT2D eigenvalue weighted by molar-refractivity contribution is 0.112. The molecular weight excluding hydrogens is 163 g/mol. The predicted molar refractivity (Wildman–Crippen MR) is 41.6 cm³/mol. The molecule has 0 aromatic carbocycles. The molecule has 0 N–H and O–H groups in total. The van der Waals surface area contributed by atoms with Gasteiger partial charge in [0.15, 0.2) is 6.29 Å². The van der Waals surface area contributed by atoms with Gasteiger partial charge in [0.25, 0.3) is 0 Å². The summed E-state index contributed by atoms with van der Waals surface area (Å²) in [4.78, 5) is 11.5. The maximum Gasteiger partial charge on any atom is 0.162 e. The molecule has 58 valence electrons. The second-order valence-corrected chi connectivity index (χ2v) is 3.87. The average molecular weight is 170 g/mol. The first kappa shape index (κ1) is 6.98. The molecule has 0 atom stereocenters. The lowest BCUT2D eigenvalue weighted by Gasteiger charge is -1.83. The van der Waals surface area contributed by atoms with Crippen molar-refractivity contribution in [3.05, 3.63) is 21.6 Å². The Morgan fingerprint density at radius 2 is 2.36 bits per heavy atom. The number of aldehydes is 1. The summed E-state index contributed by atoms with van der Waals surface area (Å²) in [7, 11) is 0. The Morgan fingerprint density at radius 3 is 2.82 bits per heavy atom. The Hall–Kier alpha value is -0.700. The zero-order chi connectivity index (χ0) is 7.84. The normalized spacial score (nSPS) is 16.8. The molecule has 1 heterocycles. The molecule has 3 heteroatoms. The minimum Gasteiger partial charge on any atom is -0.297 e. The van der Waals surface area contributed by atoms with Gasteiger partial charge in [-0.2, -0.15) is 0 Å². The van der Waals surface area contributed by atoms with Crippen LogP contribution in [-0.2, 0) is 0 Å². The van der Waals surface area contributed by atoms with Crippen molar-refractivity contribution in [2.24, 2.45) is 0 Å². The van der Waals surface area contributed by atoms with Gasteiger partial charge in [0.2, 0.25) is 0 Å². The largest absolute Gasteiger partial charge is 0.297 e. The van der Waals surface area contributed by atoms with Crippen molar-refractivity contribution < 1.29 is 9.18 Å². The van der Waals surface area contributed by atoms with Crippen LogP contribution in [0, 0.1) is 5.82 Å². The molecule has 1 aliphatic rings. The van der Waals surface area contributed by atoms with E-state index in [1.165, 1.54) is 17.4 Å². The third-order valence-electron chi connectivity index (χ3n) is 1.82. The Morgan fingerprint density at radius 1 is 1.64 bits per heavy atom. The van der Waals surface area contributed by atoms with Crippen LogP contribution in [0.15, 0.2) is 6.07 Å². The molecule has 11 heavy (non-hydrogen) atoms. The van der Waals surface area contributed by atoms with Gasteiger partial charge in [0, 0.05) is 4.88 Å². The Labute approximate surface area is 67.9 Å². The van der Waals surface area contributed by atoms with Gasteiger partial charge >= 0.3 is 0 Å². The van der Waals surface area contributed by atoms with Gasteiger partial charge in [-0.1, -0.05) is 0 Å². The fourth-order valence-corrected chi connectivity index (χ4v) is 2.07. The van der Waals surface area contributed by atoms with E-state index >= 15 is 0 Å². The molecular formula is C8H7FOS. The van der Waals surface area contributed by atoms with Crippen LogP contribution in [0.2, 0.25) is 0 Å². The summed E-state index contributed by atoms with van der Waals surface area (Å²) in [5.74, 6) is 0.190. The highest BCUT2D eigenvalue weighted by Gasteiger charge is 2.26. The molecule has 1 nitrogen and oxygen atoms in total. The number of halogens is 1. The van der Waals surface area contributed by atoms with Crippen molar-refractivity contribution >= 4 is 17.6 Å². The smallest absolute Gasteiger partial charge is 0.162 e. The lowest BCUT2D eigenvalue weighted by Crippen LogP contribution is -1.73. The minimum absolute atomic E-state index is 0.243. The summed E-state index contributed by atoms with van der Waals surface area (Å²) >= 11 is 1.29. The standard InChI is InChI=1S/C8H7FOS/c9-6-3-7(5-1-2-5)11-8(6)4-10/h3-5H,1-2H2. The van der Waals surface area contributed by atoms with E-state index in [0.29, 0.717) is 12.2 Å². The summed E-state index contributed by atoms with van der Waals surface area (Å²) in [5, 5.41) is 0. The van der Waals surface area contributed by atoms with Gasteiger partial charge in [0.1, 0.15) is 10.7 Å². The van der Waals surface area contributed by atoms with Crippen LogP contribution in [0.5, 0.6) is 0 Å². The maximum atomic E-state index is 12.8. The maximum absolute atomic E-state index is 12.8. The molecule has 0 saturated heterocycles. The molecule has 2 rings (SSSR count). The van der Waals surface area contributed by atoms with Crippen molar-refractivity contribution in [3.8, 4) is 0 Å². The lowest BCUT2D eigenvalue weighted by atomic mass is 10.3. The van der Waals surface area contributed by atoms with Gasteiger partial charge < -0.3 is 0 Å². The average Bonchev–Trinajstić information content (AvgIpc) is 2.76. The second kappa shape index (κ2) is 2.41. The molecule has 1 aromatic heterocycles.